The number of rotatable bonds is 4. The maximum atomic E-state index is 13.5. The molecule has 2 rings (SSSR count). The Balaban J connectivity index is 2.31. The summed E-state index contributed by atoms with van der Waals surface area (Å²) in [5.41, 5.74) is 0.401. The normalized spacial score (nSPS) is 10.0. The van der Waals surface area contributed by atoms with Crippen molar-refractivity contribution in [2.24, 2.45) is 0 Å². The topological polar surface area (TPSA) is 71.5 Å². The van der Waals surface area contributed by atoms with Gasteiger partial charge < -0.3 is 15.2 Å². The molecular weight excluding hydrogens is 251 g/mol. The van der Waals surface area contributed by atoms with Crippen LogP contribution in [0.4, 0.5) is 15.9 Å². The number of hydrogen-bond donors (Lipinski definition) is 2. The maximum absolute atomic E-state index is 13.5. The van der Waals surface area contributed by atoms with Gasteiger partial charge in [-0.25, -0.2) is 14.2 Å². The van der Waals surface area contributed by atoms with Crippen molar-refractivity contribution in [2.45, 2.75) is 0 Å². The fourth-order valence-electron chi connectivity index (χ4n) is 1.56. The molecule has 5 nitrogen and oxygen atoms in total. The van der Waals surface area contributed by atoms with Gasteiger partial charge in [-0.15, -0.1) is 0 Å². The van der Waals surface area contributed by atoms with Crippen LogP contribution >= 0.6 is 0 Å². The van der Waals surface area contributed by atoms with Crippen LogP contribution in [0.5, 0.6) is 5.75 Å². The number of aromatic carboxylic acids is 1. The number of hydrogen-bond acceptors (Lipinski definition) is 4. The number of benzene rings is 1. The molecule has 0 fully saturated rings. The number of anilines is 2. The average Bonchev–Trinajstić information content (AvgIpc) is 2.39. The molecule has 0 amide bonds. The van der Waals surface area contributed by atoms with Crippen molar-refractivity contribution in [2.75, 3.05) is 12.4 Å². The minimum absolute atomic E-state index is 0.0127. The summed E-state index contributed by atoms with van der Waals surface area (Å²) in [5, 5.41) is 11.8. The minimum atomic E-state index is -1.11. The van der Waals surface area contributed by atoms with Gasteiger partial charge in [-0.2, -0.15) is 0 Å². The van der Waals surface area contributed by atoms with Gasteiger partial charge in [0.15, 0.2) is 11.6 Å². The zero-order valence-corrected chi connectivity index (χ0v) is 10.1. The first-order valence-electron chi connectivity index (χ1n) is 5.40. The monoisotopic (exact) mass is 262 g/mol. The molecule has 1 aromatic heterocycles. The first kappa shape index (κ1) is 12.8. The Labute approximate surface area is 108 Å². The Bertz CT molecular complexity index is 617. The summed E-state index contributed by atoms with van der Waals surface area (Å²) in [6, 6.07) is 7.16. The number of carboxylic acid groups (broad SMARTS) is 1. The van der Waals surface area contributed by atoms with Crippen LogP contribution < -0.4 is 10.1 Å². The van der Waals surface area contributed by atoms with Crippen LogP contribution in [0.25, 0.3) is 0 Å². The lowest BCUT2D eigenvalue weighted by atomic mass is 10.2. The lowest BCUT2D eigenvalue weighted by Gasteiger charge is -2.09. The fraction of sp³-hybridized carbons (Fsp3) is 0.0769. The first-order chi connectivity index (χ1) is 9.11. The molecule has 0 aliphatic carbocycles. The van der Waals surface area contributed by atoms with Crippen molar-refractivity contribution >= 4 is 17.5 Å². The lowest BCUT2D eigenvalue weighted by Crippen LogP contribution is -2.04. The van der Waals surface area contributed by atoms with Crippen LogP contribution in [0.3, 0.4) is 0 Å². The molecular formula is C13H11FN2O3. The van der Waals surface area contributed by atoms with Gasteiger partial charge in [0, 0.05) is 18.0 Å². The van der Waals surface area contributed by atoms with Gasteiger partial charge in [0.1, 0.15) is 11.4 Å². The molecule has 1 heterocycles. The highest BCUT2D eigenvalue weighted by atomic mass is 19.1. The molecule has 0 radical (unpaired) electrons. The predicted molar refractivity (Wildman–Crippen MR) is 67.4 cm³/mol. The Morgan fingerprint density at radius 1 is 1.42 bits per heavy atom. The van der Waals surface area contributed by atoms with E-state index in [4.69, 9.17) is 9.84 Å². The third-order valence-corrected chi connectivity index (χ3v) is 2.45. The Morgan fingerprint density at radius 2 is 2.21 bits per heavy atom. The second kappa shape index (κ2) is 5.34. The standard InChI is InChI=1S/C13H11FN2O3/c1-19-11-5-4-8(7-10(11)14)16-12-9(13(17)18)3-2-6-15-12/h2-7H,1H3,(H,15,16)(H,17,18). The minimum Gasteiger partial charge on any atom is -0.494 e. The molecule has 0 aliphatic heterocycles. The van der Waals surface area contributed by atoms with Gasteiger partial charge >= 0.3 is 5.97 Å². The molecule has 2 aromatic rings. The van der Waals surface area contributed by atoms with Crippen LogP contribution in [-0.4, -0.2) is 23.2 Å². The third kappa shape index (κ3) is 2.79. The van der Waals surface area contributed by atoms with Gasteiger partial charge in [-0.1, -0.05) is 0 Å². The molecule has 6 heteroatoms. The SMILES string of the molecule is COc1ccc(Nc2ncccc2C(=O)O)cc1F. The second-order valence-corrected chi connectivity index (χ2v) is 3.68. The van der Waals surface area contributed by atoms with Crippen molar-refractivity contribution in [3.63, 3.8) is 0 Å². The molecule has 0 bridgehead atoms. The van der Waals surface area contributed by atoms with Crippen LogP contribution in [0.2, 0.25) is 0 Å². The van der Waals surface area contributed by atoms with Gasteiger partial charge in [-0.3, -0.25) is 0 Å². The molecule has 0 aliphatic rings. The molecule has 0 atom stereocenters. The smallest absolute Gasteiger partial charge is 0.339 e. The molecule has 98 valence electrons. The summed E-state index contributed by atoms with van der Waals surface area (Å²) in [7, 11) is 1.37. The number of carbonyl (C=O) groups is 1. The highest BCUT2D eigenvalue weighted by Crippen LogP contribution is 2.24. The van der Waals surface area contributed by atoms with E-state index in [9.17, 15) is 9.18 Å². The predicted octanol–water partition coefficient (Wildman–Crippen LogP) is 2.67. The number of pyridine rings is 1. The quantitative estimate of drug-likeness (QED) is 0.886. The number of ether oxygens (including phenoxy) is 1. The summed E-state index contributed by atoms with van der Waals surface area (Å²) in [5.74, 6) is -1.38. The maximum Gasteiger partial charge on any atom is 0.339 e. The summed E-state index contributed by atoms with van der Waals surface area (Å²) in [6.07, 6.45) is 1.45. The van der Waals surface area contributed by atoms with Crippen LogP contribution in [0, 0.1) is 5.82 Å². The Kier molecular flexibility index (Phi) is 3.61. The van der Waals surface area contributed by atoms with E-state index in [2.05, 4.69) is 10.3 Å². The van der Waals surface area contributed by atoms with Crippen molar-refractivity contribution in [1.29, 1.82) is 0 Å². The van der Waals surface area contributed by atoms with Crippen molar-refractivity contribution < 1.29 is 19.0 Å². The second-order valence-electron chi connectivity index (χ2n) is 3.68. The van der Waals surface area contributed by atoms with E-state index in [1.165, 1.54) is 37.6 Å². The van der Waals surface area contributed by atoms with Gasteiger partial charge in [0.05, 0.1) is 7.11 Å². The molecule has 19 heavy (non-hydrogen) atoms. The number of carboxylic acids is 1. The third-order valence-electron chi connectivity index (χ3n) is 2.45. The van der Waals surface area contributed by atoms with Gasteiger partial charge in [0.25, 0.3) is 0 Å². The number of nitrogens with zero attached hydrogens (tertiary/aromatic N) is 1. The highest BCUT2D eigenvalue weighted by molar-refractivity contribution is 5.93. The molecule has 0 unspecified atom stereocenters. The average molecular weight is 262 g/mol. The summed E-state index contributed by atoms with van der Waals surface area (Å²) >= 11 is 0. The van der Waals surface area contributed by atoms with Crippen molar-refractivity contribution in [1.82, 2.24) is 4.98 Å². The van der Waals surface area contributed by atoms with Gasteiger partial charge in [-0.05, 0) is 24.3 Å². The van der Waals surface area contributed by atoms with Crippen LogP contribution in [0.1, 0.15) is 10.4 Å². The summed E-state index contributed by atoms with van der Waals surface area (Å²) in [6.45, 7) is 0. The van der Waals surface area contributed by atoms with Crippen molar-refractivity contribution in [3.05, 3.63) is 47.9 Å². The molecule has 0 saturated heterocycles. The van der Waals surface area contributed by atoms with Crippen molar-refractivity contribution in [3.8, 4) is 5.75 Å². The zero-order valence-electron chi connectivity index (χ0n) is 10.1. The lowest BCUT2D eigenvalue weighted by molar-refractivity contribution is 0.0697. The van der Waals surface area contributed by atoms with Crippen LogP contribution in [0.15, 0.2) is 36.5 Å². The largest absolute Gasteiger partial charge is 0.494 e. The molecule has 1 aromatic carbocycles. The molecule has 0 saturated carbocycles. The first-order valence-corrected chi connectivity index (χ1v) is 5.40. The van der Waals surface area contributed by atoms with E-state index in [0.717, 1.165) is 0 Å². The van der Waals surface area contributed by atoms with E-state index in [1.807, 2.05) is 0 Å². The Hall–Kier alpha value is -2.63. The number of halogens is 1. The van der Waals surface area contributed by atoms with Crippen LogP contribution in [-0.2, 0) is 0 Å². The number of methoxy groups -OCH3 is 1. The fourth-order valence-corrected chi connectivity index (χ4v) is 1.56. The Morgan fingerprint density at radius 3 is 2.84 bits per heavy atom. The number of nitrogens with one attached hydrogen (secondary N) is 1. The van der Waals surface area contributed by atoms with E-state index >= 15 is 0 Å². The molecule has 2 N–H and O–H groups in total. The number of aromatic nitrogens is 1. The van der Waals surface area contributed by atoms with E-state index in [1.54, 1.807) is 6.07 Å². The van der Waals surface area contributed by atoms with Gasteiger partial charge in [0.2, 0.25) is 0 Å². The van der Waals surface area contributed by atoms with E-state index < -0.39 is 11.8 Å². The summed E-state index contributed by atoms with van der Waals surface area (Å²) in [4.78, 5) is 14.9. The highest BCUT2D eigenvalue weighted by Gasteiger charge is 2.11. The summed E-state index contributed by atoms with van der Waals surface area (Å²) < 4.78 is 18.3. The molecule has 0 spiro atoms. The van der Waals surface area contributed by atoms with E-state index in [0.29, 0.717) is 5.69 Å². The van der Waals surface area contributed by atoms with E-state index in [-0.39, 0.29) is 17.1 Å². The zero-order chi connectivity index (χ0) is 13.8.